The van der Waals surface area contributed by atoms with Gasteiger partial charge in [-0.2, -0.15) is 0 Å². The smallest absolute Gasteiger partial charge is 0.332 e. The van der Waals surface area contributed by atoms with Crippen LogP contribution in [-0.4, -0.2) is 52.1 Å². The molecule has 5 rings (SSSR count). The second kappa shape index (κ2) is 10.7. The number of hydrogen-bond acceptors (Lipinski definition) is 5. The maximum Gasteiger partial charge on any atom is 0.332 e. The average molecular weight is 567 g/mol. The van der Waals surface area contributed by atoms with Crippen LogP contribution in [0.25, 0.3) is 24.3 Å². The summed E-state index contributed by atoms with van der Waals surface area (Å²) in [4.78, 5) is 42.2. The van der Waals surface area contributed by atoms with E-state index in [0.717, 1.165) is 50.1 Å². The fraction of sp³-hybridized carbons (Fsp3) is 0.353. The molecule has 8 heteroatoms. The van der Waals surface area contributed by atoms with E-state index in [9.17, 15) is 14.7 Å². The summed E-state index contributed by atoms with van der Waals surface area (Å²) in [5.74, 6) is -2.98. The van der Waals surface area contributed by atoms with Gasteiger partial charge in [0.25, 0.3) is 0 Å². The summed E-state index contributed by atoms with van der Waals surface area (Å²) < 4.78 is 5.18. The summed E-state index contributed by atoms with van der Waals surface area (Å²) >= 11 is 0. The highest BCUT2D eigenvalue weighted by molar-refractivity contribution is 6.22. The van der Waals surface area contributed by atoms with Crippen LogP contribution in [0.15, 0.2) is 51.3 Å². The number of carboxylic acid groups (broad SMARTS) is 1. The van der Waals surface area contributed by atoms with Crippen molar-refractivity contribution >= 4 is 47.7 Å². The molecule has 8 nitrogen and oxygen atoms in total. The van der Waals surface area contributed by atoms with E-state index in [0.29, 0.717) is 18.7 Å². The molecule has 0 fully saturated rings. The Labute approximate surface area is 245 Å². The number of rotatable bonds is 6. The van der Waals surface area contributed by atoms with Crippen molar-refractivity contribution in [2.45, 2.75) is 48.0 Å². The molecule has 3 aliphatic rings. The SMILES string of the molecule is C=Cc1c(C)/c(=C/C2=NC(=C\c3[nH]cc(C)c3C)/C3(C)C2CC=C(C(=O)O)C3C(=O)OC)[nH]/c1=C\C1=NCC(C)=C1C. The molecule has 3 unspecified atom stereocenters. The predicted molar refractivity (Wildman–Crippen MR) is 168 cm³/mol. The number of nitrogens with one attached hydrogen (secondary N) is 2. The molecule has 0 amide bonds. The van der Waals surface area contributed by atoms with Gasteiger partial charge in [-0.3, -0.25) is 14.8 Å². The molecule has 42 heavy (non-hydrogen) atoms. The number of allylic oxidation sites excluding steroid dienone is 3. The number of aromatic amines is 2. The lowest BCUT2D eigenvalue weighted by Crippen LogP contribution is -2.45. The van der Waals surface area contributed by atoms with Gasteiger partial charge in [0.05, 0.1) is 25.1 Å². The lowest BCUT2D eigenvalue weighted by Gasteiger charge is -2.41. The molecule has 2 aromatic rings. The van der Waals surface area contributed by atoms with Crippen molar-refractivity contribution in [3.05, 3.63) is 79.9 Å². The molecule has 2 aliphatic heterocycles. The topological polar surface area (TPSA) is 120 Å². The minimum Gasteiger partial charge on any atom is -0.478 e. The normalized spacial score (nSPS) is 25.5. The van der Waals surface area contributed by atoms with Gasteiger partial charge in [0.2, 0.25) is 0 Å². The van der Waals surface area contributed by atoms with Gasteiger partial charge in [0.15, 0.2) is 0 Å². The summed E-state index contributed by atoms with van der Waals surface area (Å²) in [5.41, 5.74) is 8.96. The first kappa shape index (κ1) is 29.0. The number of esters is 1. The van der Waals surface area contributed by atoms with Gasteiger partial charge in [-0.15, -0.1) is 0 Å². The van der Waals surface area contributed by atoms with E-state index < -0.39 is 23.3 Å². The fourth-order valence-electron chi connectivity index (χ4n) is 6.42. The minimum absolute atomic E-state index is 0.0419. The number of hydrogen-bond donors (Lipinski definition) is 3. The summed E-state index contributed by atoms with van der Waals surface area (Å²) in [6, 6.07) is 0. The van der Waals surface area contributed by atoms with Crippen molar-refractivity contribution < 1.29 is 19.4 Å². The Balaban J connectivity index is 1.72. The molecule has 0 aromatic carbocycles. The molecule has 3 N–H and O–H groups in total. The lowest BCUT2D eigenvalue weighted by atomic mass is 9.59. The van der Waals surface area contributed by atoms with Crippen molar-refractivity contribution in [1.29, 1.82) is 0 Å². The zero-order valence-electron chi connectivity index (χ0n) is 25.3. The Morgan fingerprint density at radius 2 is 1.86 bits per heavy atom. The molecule has 4 heterocycles. The van der Waals surface area contributed by atoms with Gasteiger partial charge < -0.3 is 19.8 Å². The third-order valence-corrected chi connectivity index (χ3v) is 9.43. The highest BCUT2D eigenvalue weighted by atomic mass is 16.5. The van der Waals surface area contributed by atoms with E-state index in [1.807, 2.05) is 52.1 Å². The number of aliphatic carboxylic acids is 1. The third-order valence-electron chi connectivity index (χ3n) is 9.43. The number of methoxy groups -OCH3 is 1. The fourth-order valence-corrected chi connectivity index (χ4v) is 6.42. The summed E-state index contributed by atoms with van der Waals surface area (Å²) in [6.45, 7) is 17.0. The molecule has 218 valence electrons. The van der Waals surface area contributed by atoms with Crippen molar-refractivity contribution in [1.82, 2.24) is 9.97 Å². The number of carbonyl (C=O) groups excluding carboxylic acids is 1. The van der Waals surface area contributed by atoms with Crippen molar-refractivity contribution in [2.75, 3.05) is 13.7 Å². The van der Waals surface area contributed by atoms with E-state index in [4.69, 9.17) is 9.73 Å². The first-order valence-electron chi connectivity index (χ1n) is 14.1. The van der Waals surface area contributed by atoms with Crippen LogP contribution in [0.1, 0.15) is 55.1 Å². The van der Waals surface area contributed by atoms with Crippen LogP contribution in [0.4, 0.5) is 0 Å². The Bertz CT molecular complexity index is 1810. The molecule has 1 aliphatic carbocycles. The molecule has 0 radical (unpaired) electrons. The van der Waals surface area contributed by atoms with E-state index in [-0.39, 0.29) is 11.5 Å². The molecular formula is C34H38N4O4. The van der Waals surface area contributed by atoms with Gasteiger partial charge >= 0.3 is 11.9 Å². The van der Waals surface area contributed by atoms with Crippen LogP contribution in [-0.2, 0) is 14.3 Å². The maximum atomic E-state index is 13.3. The van der Waals surface area contributed by atoms with Gasteiger partial charge in [-0.25, -0.2) is 4.79 Å². The number of aryl methyl sites for hydroxylation is 1. The Kier molecular flexibility index (Phi) is 7.43. The first-order chi connectivity index (χ1) is 19.9. The van der Waals surface area contributed by atoms with Gasteiger partial charge in [0, 0.05) is 50.8 Å². The number of H-pyrrole nitrogens is 2. The number of carbonyl (C=O) groups is 2. The number of ether oxygens (including phenoxy) is 1. The number of carboxylic acids is 1. The molecular weight excluding hydrogens is 528 g/mol. The number of aromatic nitrogens is 2. The van der Waals surface area contributed by atoms with Crippen LogP contribution in [0.3, 0.4) is 0 Å². The van der Waals surface area contributed by atoms with E-state index in [1.165, 1.54) is 18.3 Å². The summed E-state index contributed by atoms with van der Waals surface area (Å²) in [5, 5.41) is 11.9. The molecule has 0 bridgehead atoms. The highest BCUT2D eigenvalue weighted by Gasteiger charge is 2.57. The number of aliphatic imine (C=N–C) groups is 2. The zero-order chi connectivity index (χ0) is 30.5. The Hall–Kier alpha value is -4.46. The first-order valence-corrected chi connectivity index (χ1v) is 14.1. The molecule has 0 saturated carbocycles. The Morgan fingerprint density at radius 3 is 2.43 bits per heavy atom. The van der Waals surface area contributed by atoms with E-state index in [2.05, 4.69) is 41.5 Å². The predicted octanol–water partition coefficient (Wildman–Crippen LogP) is 4.59. The summed E-state index contributed by atoms with van der Waals surface area (Å²) in [6.07, 6.45) is 11.9. The van der Waals surface area contributed by atoms with Crippen LogP contribution in [0.2, 0.25) is 0 Å². The van der Waals surface area contributed by atoms with Crippen molar-refractivity contribution in [3.63, 3.8) is 0 Å². The van der Waals surface area contributed by atoms with E-state index in [1.54, 1.807) is 6.08 Å². The van der Waals surface area contributed by atoms with Crippen LogP contribution in [0.5, 0.6) is 0 Å². The quantitative estimate of drug-likeness (QED) is 0.443. The Morgan fingerprint density at radius 1 is 1.12 bits per heavy atom. The summed E-state index contributed by atoms with van der Waals surface area (Å²) in [7, 11) is 1.30. The van der Waals surface area contributed by atoms with Crippen molar-refractivity contribution in [3.8, 4) is 0 Å². The maximum absolute atomic E-state index is 13.3. The molecule has 0 spiro atoms. The zero-order valence-corrected chi connectivity index (χ0v) is 25.3. The van der Waals surface area contributed by atoms with Crippen LogP contribution < -0.4 is 10.7 Å². The molecule has 2 aromatic heterocycles. The third kappa shape index (κ3) is 4.55. The molecule has 0 saturated heterocycles. The van der Waals surface area contributed by atoms with Gasteiger partial charge in [0.1, 0.15) is 5.92 Å². The van der Waals surface area contributed by atoms with Crippen molar-refractivity contribution in [2.24, 2.45) is 27.2 Å². The van der Waals surface area contributed by atoms with Crippen LogP contribution >= 0.6 is 0 Å². The highest BCUT2D eigenvalue weighted by Crippen LogP contribution is 2.56. The standard InChI is InChI=1S/C34H38N4O4/c1-9-22-21(6)27(37-28(22)12-25-19(4)17(2)15-35-25)13-29-24-11-10-23(32(39)40)31(33(41)42-8)34(24,7)30(38-29)14-26-20(5)18(3)16-36-26/h9-10,12-14,16,24,31,36-37H,1,11,15H2,2-8H3,(H,39,40)/b27-13-,28-12-,30-14-. The minimum atomic E-state index is -1.13. The van der Waals surface area contributed by atoms with Crippen LogP contribution in [0, 0.1) is 38.0 Å². The lowest BCUT2D eigenvalue weighted by molar-refractivity contribution is -0.151. The second-order valence-electron chi connectivity index (χ2n) is 11.7. The number of nitrogens with zero attached hydrogens (tertiary/aromatic N) is 2. The monoisotopic (exact) mass is 566 g/mol. The average Bonchev–Trinajstić information content (AvgIpc) is 3.64. The van der Waals surface area contributed by atoms with E-state index >= 15 is 0 Å². The van der Waals surface area contributed by atoms with Gasteiger partial charge in [-0.05, 0) is 87.1 Å². The number of fused-ring (bicyclic) bond motifs is 1. The molecule has 3 atom stereocenters. The largest absolute Gasteiger partial charge is 0.478 e. The second-order valence-corrected chi connectivity index (χ2v) is 11.7. The van der Waals surface area contributed by atoms with Gasteiger partial charge in [-0.1, -0.05) is 25.7 Å².